The van der Waals surface area contributed by atoms with Crippen LogP contribution in [-0.2, 0) is 10.3 Å². The van der Waals surface area contributed by atoms with E-state index in [0.29, 0.717) is 45.9 Å². The monoisotopic (exact) mass is 475 g/mol. The number of hydrogen-bond acceptors (Lipinski definition) is 6. The maximum Gasteiger partial charge on any atom is 0.256 e. The first-order chi connectivity index (χ1) is 14.4. The van der Waals surface area contributed by atoms with Crippen molar-refractivity contribution in [3.63, 3.8) is 0 Å². The minimum atomic E-state index is -1.37. The summed E-state index contributed by atoms with van der Waals surface area (Å²) < 4.78 is 11.8. The van der Waals surface area contributed by atoms with Crippen molar-refractivity contribution in [1.29, 1.82) is 0 Å². The first-order valence-corrected chi connectivity index (χ1v) is 10.4. The van der Waals surface area contributed by atoms with Gasteiger partial charge in [0.15, 0.2) is 17.0 Å². The van der Waals surface area contributed by atoms with Gasteiger partial charge < -0.3 is 14.8 Å². The number of methoxy groups -OCH3 is 1. The Kier molecular flexibility index (Phi) is 5.19. The fourth-order valence-corrected chi connectivity index (χ4v) is 5.39. The van der Waals surface area contributed by atoms with Crippen molar-refractivity contribution in [2.24, 2.45) is 0 Å². The molecule has 2 aromatic carbocycles. The molecular weight excluding hydrogens is 454 g/mol. The van der Waals surface area contributed by atoms with Crippen molar-refractivity contribution >= 4 is 27.5 Å². The molecular formula is C21H22BrN3O5. The van der Waals surface area contributed by atoms with E-state index in [1.165, 1.54) is 7.11 Å². The molecule has 0 aromatic heterocycles. The quantitative estimate of drug-likeness (QED) is 0.526. The van der Waals surface area contributed by atoms with E-state index in [0.717, 1.165) is 0 Å². The third-order valence-electron chi connectivity index (χ3n) is 6.01. The van der Waals surface area contributed by atoms with E-state index in [2.05, 4.69) is 21.2 Å². The second kappa shape index (κ2) is 7.55. The number of likely N-dealkylation sites (N-methyl/N-ethyl adjacent to an activating group) is 1. The highest BCUT2D eigenvalue weighted by molar-refractivity contribution is 9.10. The summed E-state index contributed by atoms with van der Waals surface area (Å²) in [6, 6.07) is 9.59. The number of nitrogens with zero attached hydrogens (tertiary/aromatic N) is 2. The van der Waals surface area contributed by atoms with Gasteiger partial charge in [0.05, 0.1) is 24.1 Å². The number of carbonyl (C=O) groups is 1. The van der Waals surface area contributed by atoms with Crippen LogP contribution in [0, 0.1) is 10.1 Å². The van der Waals surface area contributed by atoms with Gasteiger partial charge in [-0.25, -0.2) is 0 Å². The van der Waals surface area contributed by atoms with Gasteiger partial charge in [0.25, 0.3) is 11.9 Å². The Labute approximate surface area is 182 Å². The van der Waals surface area contributed by atoms with Crippen molar-refractivity contribution in [1.82, 2.24) is 4.90 Å². The molecule has 1 spiro atoms. The van der Waals surface area contributed by atoms with E-state index in [1.54, 1.807) is 42.3 Å². The molecule has 0 saturated carbocycles. The van der Waals surface area contributed by atoms with Crippen LogP contribution in [0.4, 0.5) is 5.69 Å². The second-order valence-corrected chi connectivity index (χ2v) is 8.30. The smallest absolute Gasteiger partial charge is 0.256 e. The lowest BCUT2D eigenvalue weighted by molar-refractivity contribution is -0.534. The van der Waals surface area contributed by atoms with Crippen LogP contribution in [0.2, 0.25) is 0 Å². The number of fused-ring (bicyclic) bond motifs is 2. The molecule has 8 nitrogen and oxygen atoms in total. The van der Waals surface area contributed by atoms with Crippen LogP contribution in [0.25, 0.3) is 0 Å². The summed E-state index contributed by atoms with van der Waals surface area (Å²) in [7, 11) is 3.29. The number of halogens is 1. The van der Waals surface area contributed by atoms with Crippen molar-refractivity contribution in [3.05, 3.63) is 62.1 Å². The molecule has 0 unspecified atom stereocenters. The van der Waals surface area contributed by atoms with Gasteiger partial charge in [-0.1, -0.05) is 18.2 Å². The molecule has 2 aromatic rings. The van der Waals surface area contributed by atoms with Gasteiger partial charge in [-0.15, -0.1) is 0 Å². The zero-order chi connectivity index (χ0) is 21.6. The van der Waals surface area contributed by atoms with Crippen LogP contribution in [0.3, 0.4) is 0 Å². The molecule has 1 fully saturated rings. The summed E-state index contributed by atoms with van der Waals surface area (Å²) in [4.78, 5) is 27.0. The number of likely N-dealkylation sites (tertiary alicyclic amines) is 1. The zero-order valence-electron chi connectivity index (χ0n) is 16.8. The average molecular weight is 476 g/mol. The number of nitro groups is 1. The lowest BCUT2D eigenvalue weighted by Crippen LogP contribution is -2.54. The summed E-state index contributed by atoms with van der Waals surface area (Å²) in [5.41, 5.74) is 0.596. The standard InChI is InChI=1S/C21H22BrN3O5/c1-4-30-18-15(22)9-12(10-17(18)29-3)13-11-24(2)21(19(13)25(27)28)14-7-5-6-8-16(14)23-20(21)26/h5-10,13,19H,4,11H2,1-3H3,(H,23,26)/t13-,19+,21+/m0/s1. The molecule has 0 bridgehead atoms. The number of rotatable bonds is 5. The van der Waals surface area contributed by atoms with Gasteiger partial charge in [-0.05, 0) is 53.7 Å². The third-order valence-corrected chi connectivity index (χ3v) is 6.60. The molecule has 1 saturated heterocycles. The summed E-state index contributed by atoms with van der Waals surface area (Å²) >= 11 is 3.50. The zero-order valence-corrected chi connectivity index (χ0v) is 18.4. The lowest BCUT2D eigenvalue weighted by atomic mass is 9.79. The number of benzene rings is 2. The Hall–Kier alpha value is -2.65. The Bertz CT molecular complexity index is 1030. The highest BCUT2D eigenvalue weighted by atomic mass is 79.9. The SMILES string of the molecule is CCOc1c(Br)cc([C@@H]2CN(C)[C@@]3(C(=O)Nc4ccccc43)[C@@H]2[N+](=O)[O-])cc1OC. The maximum absolute atomic E-state index is 13.2. The summed E-state index contributed by atoms with van der Waals surface area (Å²) in [5.74, 6) is 0.143. The Morgan fingerprint density at radius 2 is 2.10 bits per heavy atom. The van der Waals surface area contributed by atoms with Crippen LogP contribution in [0.5, 0.6) is 11.5 Å². The molecule has 158 valence electrons. The van der Waals surface area contributed by atoms with E-state index in [-0.39, 0.29) is 10.8 Å². The Morgan fingerprint density at radius 3 is 2.77 bits per heavy atom. The number of ether oxygens (including phenoxy) is 2. The number of para-hydroxylation sites is 1. The fourth-order valence-electron chi connectivity index (χ4n) is 4.82. The summed E-state index contributed by atoms with van der Waals surface area (Å²) in [5, 5.41) is 15.2. The molecule has 30 heavy (non-hydrogen) atoms. The lowest BCUT2D eigenvalue weighted by Gasteiger charge is -2.30. The predicted octanol–water partition coefficient (Wildman–Crippen LogP) is 3.38. The van der Waals surface area contributed by atoms with E-state index in [4.69, 9.17) is 9.47 Å². The molecule has 1 amide bonds. The maximum atomic E-state index is 13.2. The Balaban J connectivity index is 1.87. The highest BCUT2D eigenvalue weighted by Gasteiger charge is 2.68. The number of amides is 1. The molecule has 2 heterocycles. The molecule has 3 atom stereocenters. The average Bonchev–Trinajstić information content (AvgIpc) is 3.19. The molecule has 0 aliphatic carbocycles. The second-order valence-electron chi connectivity index (χ2n) is 7.45. The van der Waals surface area contributed by atoms with Gasteiger partial charge in [0.1, 0.15) is 0 Å². The minimum absolute atomic E-state index is 0.327. The van der Waals surface area contributed by atoms with Crippen LogP contribution in [0.15, 0.2) is 40.9 Å². The molecule has 1 N–H and O–H groups in total. The Morgan fingerprint density at radius 1 is 1.37 bits per heavy atom. The van der Waals surface area contributed by atoms with E-state index < -0.39 is 17.5 Å². The van der Waals surface area contributed by atoms with Gasteiger partial charge in [-0.3, -0.25) is 19.8 Å². The fraction of sp³-hybridized carbons (Fsp3) is 0.381. The van der Waals surface area contributed by atoms with Crippen molar-refractivity contribution < 1.29 is 19.2 Å². The van der Waals surface area contributed by atoms with Gasteiger partial charge in [0, 0.05) is 22.7 Å². The van der Waals surface area contributed by atoms with Crippen molar-refractivity contribution in [2.45, 2.75) is 24.4 Å². The molecule has 4 rings (SSSR count). The molecule has 2 aliphatic rings. The van der Waals surface area contributed by atoms with Crippen LogP contribution in [-0.4, -0.2) is 49.1 Å². The highest BCUT2D eigenvalue weighted by Crippen LogP contribution is 2.53. The normalized spacial score (nSPS) is 25.3. The number of nitrogens with one attached hydrogen (secondary N) is 1. The predicted molar refractivity (Wildman–Crippen MR) is 115 cm³/mol. The van der Waals surface area contributed by atoms with Gasteiger partial charge in [-0.2, -0.15) is 0 Å². The van der Waals surface area contributed by atoms with E-state index >= 15 is 0 Å². The van der Waals surface area contributed by atoms with E-state index in [1.807, 2.05) is 13.0 Å². The molecule has 9 heteroatoms. The molecule has 0 radical (unpaired) electrons. The van der Waals surface area contributed by atoms with Gasteiger partial charge >= 0.3 is 0 Å². The molecule has 2 aliphatic heterocycles. The van der Waals surface area contributed by atoms with Crippen LogP contribution in [0.1, 0.15) is 24.0 Å². The number of carbonyl (C=O) groups excluding carboxylic acids is 1. The number of anilines is 1. The van der Waals surface area contributed by atoms with Crippen LogP contribution < -0.4 is 14.8 Å². The largest absolute Gasteiger partial charge is 0.493 e. The first kappa shape index (κ1) is 20.6. The topological polar surface area (TPSA) is 93.9 Å². The first-order valence-electron chi connectivity index (χ1n) is 9.62. The van der Waals surface area contributed by atoms with Crippen LogP contribution >= 0.6 is 15.9 Å². The van der Waals surface area contributed by atoms with Crippen molar-refractivity contribution in [2.75, 3.05) is 32.6 Å². The van der Waals surface area contributed by atoms with Gasteiger partial charge in [0.2, 0.25) is 0 Å². The summed E-state index contributed by atoms with van der Waals surface area (Å²) in [6.07, 6.45) is 0. The number of hydrogen-bond donors (Lipinski definition) is 1. The van der Waals surface area contributed by atoms with Crippen molar-refractivity contribution in [3.8, 4) is 11.5 Å². The third kappa shape index (κ3) is 2.79. The minimum Gasteiger partial charge on any atom is -0.493 e. The van der Waals surface area contributed by atoms with E-state index in [9.17, 15) is 14.9 Å². The summed E-state index contributed by atoms with van der Waals surface area (Å²) in [6.45, 7) is 2.67.